The van der Waals surface area contributed by atoms with Crippen LogP contribution in [-0.2, 0) is 0 Å². The van der Waals surface area contributed by atoms with E-state index in [9.17, 15) is 5.26 Å². The third-order valence-corrected chi connectivity index (χ3v) is 6.00. The number of nitrogens with one attached hydrogen (secondary N) is 1. The second-order valence-corrected chi connectivity index (χ2v) is 8.44. The second kappa shape index (κ2) is 6.72. The first kappa shape index (κ1) is 18.7. The van der Waals surface area contributed by atoms with Crippen LogP contribution < -0.4 is 0 Å². The van der Waals surface area contributed by atoms with Crippen LogP contribution in [0, 0.1) is 34.0 Å². The fourth-order valence-corrected chi connectivity index (χ4v) is 4.53. The van der Waals surface area contributed by atoms with E-state index < -0.39 is 0 Å². The Labute approximate surface area is 173 Å². The predicted molar refractivity (Wildman–Crippen MR) is 111 cm³/mol. The lowest BCUT2D eigenvalue weighted by Gasteiger charge is -2.11. The summed E-state index contributed by atoms with van der Waals surface area (Å²) in [5.41, 5.74) is 3.54. The largest absolute Gasteiger partial charge is 0.376 e. The van der Waals surface area contributed by atoms with Gasteiger partial charge in [-0.3, -0.25) is 5.41 Å². The highest BCUT2D eigenvalue weighted by Gasteiger charge is 2.68. The lowest BCUT2D eigenvalue weighted by atomic mass is 9.98. The molecular formula is C22H17Cl2N4+. The van der Waals surface area contributed by atoms with E-state index in [0.717, 1.165) is 22.6 Å². The van der Waals surface area contributed by atoms with Crippen LogP contribution in [0.2, 0.25) is 10.0 Å². The van der Waals surface area contributed by atoms with Crippen LogP contribution in [0.4, 0.5) is 0 Å². The number of nitrogens with zero attached hydrogens (tertiary/aromatic N) is 3. The molecule has 4 rings (SSSR count). The summed E-state index contributed by atoms with van der Waals surface area (Å²) < 4.78 is 1.55. The Bertz CT molecular complexity index is 1150. The van der Waals surface area contributed by atoms with E-state index in [1.165, 1.54) is 0 Å². The second-order valence-electron chi connectivity index (χ2n) is 7.57. The zero-order chi connectivity index (χ0) is 20.1. The Morgan fingerprint density at radius 2 is 1.68 bits per heavy atom. The molecule has 4 nitrogen and oxygen atoms in total. The number of hydrazone groups is 1. The average Bonchev–Trinajstić information content (AvgIpc) is 3.24. The summed E-state index contributed by atoms with van der Waals surface area (Å²) in [6.07, 6.45) is 0. The maximum absolute atomic E-state index is 9.59. The van der Waals surface area contributed by atoms with Gasteiger partial charge in [-0.15, -0.1) is 0 Å². The number of benzene rings is 2. The molecule has 0 unspecified atom stereocenters. The summed E-state index contributed by atoms with van der Waals surface area (Å²) in [4.78, 5) is 0. The van der Waals surface area contributed by atoms with Crippen molar-refractivity contribution in [3.05, 3.63) is 75.4 Å². The maximum atomic E-state index is 9.59. The van der Waals surface area contributed by atoms with E-state index in [4.69, 9.17) is 33.7 Å². The third kappa shape index (κ3) is 2.89. The van der Waals surface area contributed by atoms with Crippen LogP contribution in [-0.4, -0.2) is 22.0 Å². The molecule has 0 spiro atoms. The Hall–Kier alpha value is -2.70. The van der Waals surface area contributed by atoms with Crippen LogP contribution in [0.25, 0.3) is 0 Å². The van der Waals surface area contributed by atoms with Gasteiger partial charge >= 0.3 is 5.70 Å². The highest BCUT2D eigenvalue weighted by molar-refractivity contribution is 6.31. The number of hydrogen-bond donors (Lipinski definition) is 1. The molecule has 6 heteroatoms. The van der Waals surface area contributed by atoms with E-state index in [2.05, 4.69) is 19.7 Å². The minimum Gasteiger partial charge on any atom is -0.252 e. The number of allylic oxidation sites excluding steroid dienone is 1. The molecule has 0 bridgehead atoms. The quantitative estimate of drug-likeness (QED) is 0.427. The fraction of sp³-hybridized carbons (Fsp3) is 0.227. The van der Waals surface area contributed by atoms with Gasteiger partial charge in [0.25, 0.3) is 0 Å². The molecule has 1 fully saturated rings. The van der Waals surface area contributed by atoms with Crippen LogP contribution in [0.15, 0.2) is 59.3 Å². The van der Waals surface area contributed by atoms with Gasteiger partial charge in [-0.05, 0) is 40.4 Å². The third-order valence-electron chi connectivity index (χ3n) is 5.53. The molecule has 1 saturated carbocycles. The number of halogens is 2. The molecule has 1 N–H and O–H groups in total. The number of nitriles is 1. The summed E-state index contributed by atoms with van der Waals surface area (Å²) in [5, 5.41) is 23.2. The number of hydrogen-bond acceptors (Lipinski definition) is 3. The molecule has 28 heavy (non-hydrogen) atoms. The van der Waals surface area contributed by atoms with E-state index in [1.54, 1.807) is 4.68 Å². The molecule has 0 amide bonds. The van der Waals surface area contributed by atoms with Crippen LogP contribution in [0.3, 0.4) is 0 Å². The summed E-state index contributed by atoms with van der Waals surface area (Å²) in [7, 11) is 0. The van der Waals surface area contributed by atoms with E-state index >= 15 is 0 Å². The van der Waals surface area contributed by atoms with Crippen LogP contribution in [0.1, 0.15) is 25.0 Å². The standard InChI is InChI=1S/C22H17Cl2N4/c1-22(2)18-19(22)21(14-6-4-8-16(24)10-14)28(17(11-25)12-26)27-20(18)13-5-3-7-15(23)9-13/h3-10,18-19,25H,1-2H3/q+1/t18-,19+/m0/s1. The molecule has 1 heterocycles. The zero-order valence-corrected chi connectivity index (χ0v) is 16.9. The molecule has 1 aliphatic heterocycles. The Morgan fingerprint density at radius 3 is 2.25 bits per heavy atom. The van der Waals surface area contributed by atoms with Crippen molar-refractivity contribution in [1.82, 2.24) is 0 Å². The molecule has 1 aliphatic carbocycles. The molecule has 138 valence electrons. The van der Waals surface area contributed by atoms with Gasteiger partial charge in [0.2, 0.25) is 5.71 Å². The summed E-state index contributed by atoms with van der Waals surface area (Å²) >= 11 is 12.4. The normalized spacial score (nSPS) is 21.9. The Morgan fingerprint density at radius 1 is 1.07 bits per heavy atom. The molecule has 0 radical (unpaired) electrons. The molecule has 2 aromatic rings. The van der Waals surface area contributed by atoms with Crippen molar-refractivity contribution in [2.75, 3.05) is 0 Å². The van der Waals surface area contributed by atoms with Crippen molar-refractivity contribution in [3.63, 3.8) is 0 Å². The van der Waals surface area contributed by atoms with Crippen molar-refractivity contribution in [2.45, 2.75) is 13.8 Å². The van der Waals surface area contributed by atoms with Crippen molar-refractivity contribution in [2.24, 2.45) is 22.4 Å². The number of rotatable bonds is 3. The molecule has 2 atom stereocenters. The van der Waals surface area contributed by atoms with Crippen LogP contribution in [0.5, 0.6) is 0 Å². The van der Waals surface area contributed by atoms with Crippen molar-refractivity contribution < 1.29 is 4.68 Å². The molecule has 2 aliphatic rings. The van der Waals surface area contributed by atoms with Gasteiger partial charge in [0.05, 0.1) is 11.8 Å². The van der Waals surface area contributed by atoms with Crippen molar-refractivity contribution in [3.8, 4) is 6.07 Å². The zero-order valence-electron chi connectivity index (χ0n) is 15.4. The maximum Gasteiger partial charge on any atom is 0.376 e. The Balaban J connectivity index is 2.02. The smallest absolute Gasteiger partial charge is 0.252 e. The van der Waals surface area contributed by atoms with Gasteiger partial charge in [-0.1, -0.05) is 55.2 Å². The van der Waals surface area contributed by atoms with Gasteiger partial charge in [-0.2, -0.15) is 5.26 Å². The van der Waals surface area contributed by atoms with Gasteiger partial charge in [-0.25, -0.2) is 0 Å². The van der Waals surface area contributed by atoms with E-state index in [1.807, 2.05) is 54.6 Å². The number of fused-ring (bicyclic) bond motifs is 1. The first-order valence-corrected chi connectivity index (χ1v) is 9.61. The SMILES string of the molecule is CC1(C)[C@@H]2C(c3cccc(Cl)c3)=N[N+](C(=C=N)C#N)=C(c3cccc(Cl)c3)[C@@H]21. The lowest BCUT2D eigenvalue weighted by molar-refractivity contribution is -0.476. The monoisotopic (exact) mass is 407 g/mol. The summed E-state index contributed by atoms with van der Waals surface area (Å²) in [6, 6.07) is 17.1. The first-order chi connectivity index (χ1) is 13.4. The highest BCUT2D eigenvalue weighted by Crippen LogP contribution is 2.62. The predicted octanol–water partition coefficient (Wildman–Crippen LogP) is 5.14. The van der Waals surface area contributed by atoms with E-state index in [0.29, 0.717) is 10.0 Å². The molecule has 0 saturated heterocycles. The van der Waals surface area contributed by atoms with Gasteiger partial charge < -0.3 is 0 Å². The molecule has 0 aromatic heterocycles. The lowest BCUT2D eigenvalue weighted by Crippen LogP contribution is -2.28. The molecular weight excluding hydrogens is 391 g/mol. The first-order valence-electron chi connectivity index (χ1n) is 8.85. The van der Waals surface area contributed by atoms with Gasteiger partial charge in [0.1, 0.15) is 5.71 Å². The highest BCUT2D eigenvalue weighted by atomic mass is 35.5. The van der Waals surface area contributed by atoms with Crippen LogP contribution >= 0.6 is 23.2 Å². The summed E-state index contributed by atoms with van der Waals surface area (Å²) in [6.45, 7) is 4.38. The summed E-state index contributed by atoms with van der Waals surface area (Å²) in [5.74, 6) is 2.55. The van der Waals surface area contributed by atoms with Crippen molar-refractivity contribution in [1.29, 1.82) is 10.7 Å². The minimum absolute atomic E-state index is 0.0376. The minimum atomic E-state index is -0.0594. The topological polar surface area (TPSA) is 63.0 Å². The van der Waals surface area contributed by atoms with Gasteiger partial charge in [0, 0.05) is 32.2 Å². The average molecular weight is 408 g/mol. The molecule has 2 aromatic carbocycles. The van der Waals surface area contributed by atoms with Crippen molar-refractivity contribution >= 4 is 40.5 Å². The van der Waals surface area contributed by atoms with Gasteiger partial charge in [0.15, 0.2) is 6.07 Å². The fourth-order valence-electron chi connectivity index (χ4n) is 4.15. The van der Waals surface area contributed by atoms with E-state index in [-0.39, 0.29) is 22.9 Å². The Kier molecular flexibility index (Phi) is 4.48.